The maximum absolute atomic E-state index is 12.8. The number of anilines is 1. The van der Waals surface area contributed by atoms with Crippen LogP contribution in [0.5, 0.6) is 0 Å². The Bertz CT molecular complexity index is 1090. The number of furan rings is 1. The Hall–Kier alpha value is -3.24. The minimum Gasteiger partial charge on any atom is -0.451 e. The van der Waals surface area contributed by atoms with Crippen LogP contribution in [0, 0.1) is 0 Å². The summed E-state index contributed by atoms with van der Waals surface area (Å²) in [6.07, 6.45) is 8.71. The zero-order valence-electron chi connectivity index (χ0n) is 15.4. The summed E-state index contributed by atoms with van der Waals surface area (Å²) in [5.74, 6) is 0.441. The standard InChI is InChI=1S/C19H18N6O3S/c26-18(16-2-1-15(28-16)12-9-21-22-10-12)23-14-11-25(13-3-6-27-7-4-13)24-17(14)19-20-5-8-29-19/h1-2,5,8-11,13H,3-4,6-7H2,(H,21,22)(H,23,26). The zero-order chi connectivity index (χ0) is 19.6. The molecule has 148 valence electrons. The molecule has 0 spiro atoms. The second-order valence-electron chi connectivity index (χ2n) is 6.66. The van der Waals surface area contributed by atoms with Crippen molar-refractivity contribution < 1.29 is 13.9 Å². The van der Waals surface area contributed by atoms with Crippen molar-refractivity contribution in [3.63, 3.8) is 0 Å². The zero-order valence-corrected chi connectivity index (χ0v) is 16.2. The molecule has 1 aliphatic heterocycles. The lowest BCUT2D eigenvalue weighted by molar-refractivity contribution is 0.0663. The van der Waals surface area contributed by atoms with Gasteiger partial charge in [0.2, 0.25) is 0 Å². The minimum atomic E-state index is -0.343. The van der Waals surface area contributed by atoms with Gasteiger partial charge in [-0.2, -0.15) is 10.2 Å². The molecule has 4 aromatic heterocycles. The average Bonchev–Trinajstić information content (AvgIpc) is 3.55. The summed E-state index contributed by atoms with van der Waals surface area (Å²) in [6.45, 7) is 1.42. The van der Waals surface area contributed by atoms with Gasteiger partial charge in [0.1, 0.15) is 16.5 Å². The van der Waals surface area contributed by atoms with Crippen LogP contribution in [0.15, 0.2) is 46.7 Å². The van der Waals surface area contributed by atoms with Crippen molar-refractivity contribution in [3.05, 3.63) is 48.1 Å². The summed E-state index contributed by atoms with van der Waals surface area (Å²) >= 11 is 1.48. The molecule has 0 aliphatic carbocycles. The first-order valence-corrected chi connectivity index (χ1v) is 10.1. The van der Waals surface area contributed by atoms with E-state index in [-0.39, 0.29) is 17.7 Å². The highest BCUT2D eigenvalue weighted by Crippen LogP contribution is 2.32. The van der Waals surface area contributed by atoms with Gasteiger partial charge in [-0.15, -0.1) is 11.3 Å². The first-order chi connectivity index (χ1) is 14.3. The van der Waals surface area contributed by atoms with Crippen LogP contribution in [0.3, 0.4) is 0 Å². The third kappa shape index (κ3) is 3.59. The molecule has 0 unspecified atom stereocenters. The number of hydrogen-bond acceptors (Lipinski definition) is 7. The predicted molar refractivity (Wildman–Crippen MR) is 107 cm³/mol. The van der Waals surface area contributed by atoms with E-state index in [0.29, 0.717) is 30.4 Å². The Morgan fingerprint density at radius 2 is 2.21 bits per heavy atom. The van der Waals surface area contributed by atoms with Crippen molar-refractivity contribution in [2.24, 2.45) is 0 Å². The van der Waals surface area contributed by atoms with Crippen molar-refractivity contribution in [1.82, 2.24) is 25.0 Å². The number of H-pyrrole nitrogens is 1. The fourth-order valence-electron chi connectivity index (χ4n) is 3.30. The number of nitrogens with one attached hydrogen (secondary N) is 2. The monoisotopic (exact) mass is 410 g/mol. The van der Waals surface area contributed by atoms with Crippen LogP contribution >= 0.6 is 11.3 Å². The lowest BCUT2D eigenvalue weighted by Gasteiger charge is -2.22. The van der Waals surface area contributed by atoms with Crippen LogP contribution in [0.2, 0.25) is 0 Å². The molecule has 1 saturated heterocycles. The van der Waals surface area contributed by atoms with Crippen LogP contribution in [0.4, 0.5) is 5.69 Å². The van der Waals surface area contributed by atoms with Gasteiger partial charge in [-0.25, -0.2) is 4.98 Å². The number of carbonyl (C=O) groups is 1. The Kier molecular flexibility index (Phi) is 4.70. The normalized spacial score (nSPS) is 14.9. The maximum atomic E-state index is 12.8. The largest absolute Gasteiger partial charge is 0.451 e. The fraction of sp³-hybridized carbons (Fsp3) is 0.263. The van der Waals surface area contributed by atoms with Crippen molar-refractivity contribution >= 4 is 22.9 Å². The van der Waals surface area contributed by atoms with E-state index < -0.39 is 0 Å². The second-order valence-corrected chi connectivity index (χ2v) is 7.55. The molecule has 0 aromatic carbocycles. The van der Waals surface area contributed by atoms with Gasteiger partial charge in [0, 0.05) is 37.2 Å². The van der Waals surface area contributed by atoms with Crippen LogP contribution < -0.4 is 5.32 Å². The summed E-state index contributed by atoms with van der Waals surface area (Å²) < 4.78 is 13.0. The molecule has 0 atom stereocenters. The van der Waals surface area contributed by atoms with E-state index >= 15 is 0 Å². The molecule has 0 saturated carbocycles. The molecule has 4 aromatic rings. The summed E-state index contributed by atoms with van der Waals surface area (Å²) in [6, 6.07) is 3.63. The van der Waals surface area contributed by atoms with Gasteiger partial charge in [-0.3, -0.25) is 14.6 Å². The van der Waals surface area contributed by atoms with Crippen molar-refractivity contribution in [1.29, 1.82) is 0 Å². The lowest BCUT2D eigenvalue weighted by Crippen LogP contribution is -2.20. The molecule has 2 N–H and O–H groups in total. The number of amides is 1. The first kappa shape index (κ1) is 17.8. The number of ether oxygens (including phenoxy) is 1. The van der Waals surface area contributed by atoms with Gasteiger partial charge in [-0.1, -0.05) is 0 Å². The summed E-state index contributed by atoms with van der Waals surface area (Å²) in [4.78, 5) is 17.2. The van der Waals surface area contributed by atoms with Crippen molar-refractivity contribution in [2.75, 3.05) is 18.5 Å². The summed E-state index contributed by atoms with van der Waals surface area (Å²) in [5, 5.41) is 16.9. The number of hydrogen-bond donors (Lipinski definition) is 2. The second kappa shape index (κ2) is 7.64. The highest BCUT2D eigenvalue weighted by Gasteiger charge is 2.23. The van der Waals surface area contributed by atoms with Gasteiger partial charge in [0.05, 0.1) is 23.5 Å². The highest BCUT2D eigenvalue weighted by molar-refractivity contribution is 7.13. The first-order valence-electron chi connectivity index (χ1n) is 9.25. The van der Waals surface area contributed by atoms with Gasteiger partial charge in [-0.05, 0) is 25.0 Å². The molecule has 1 amide bonds. The van der Waals surface area contributed by atoms with Crippen LogP contribution in [0.25, 0.3) is 22.0 Å². The van der Waals surface area contributed by atoms with Gasteiger partial charge in [0.25, 0.3) is 5.91 Å². The Morgan fingerprint density at radius 1 is 1.31 bits per heavy atom. The van der Waals surface area contributed by atoms with Gasteiger partial charge in [0.15, 0.2) is 5.76 Å². The number of aromatic nitrogens is 5. The molecule has 10 heteroatoms. The average molecular weight is 410 g/mol. The highest BCUT2D eigenvalue weighted by atomic mass is 32.1. The van der Waals surface area contributed by atoms with E-state index in [1.54, 1.807) is 30.7 Å². The van der Waals surface area contributed by atoms with Gasteiger partial charge >= 0.3 is 0 Å². The number of aromatic amines is 1. The van der Waals surface area contributed by atoms with E-state index in [2.05, 4.69) is 20.5 Å². The number of thiazole rings is 1. The molecule has 1 fully saturated rings. The SMILES string of the molecule is O=C(Nc1cn(C2CCOCC2)nc1-c1nccs1)c1ccc(-c2cn[nH]c2)o1. The topological polar surface area (TPSA) is 111 Å². The summed E-state index contributed by atoms with van der Waals surface area (Å²) in [7, 11) is 0. The van der Waals surface area contributed by atoms with Crippen LogP contribution in [-0.2, 0) is 4.74 Å². The Morgan fingerprint density at radius 3 is 2.97 bits per heavy atom. The minimum absolute atomic E-state index is 0.213. The smallest absolute Gasteiger partial charge is 0.291 e. The Balaban J connectivity index is 1.42. The number of rotatable bonds is 5. The van der Waals surface area contributed by atoms with Crippen molar-refractivity contribution in [3.8, 4) is 22.0 Å². The molecule has 0 bridgehead atoms. The molecular weight excluding hydrogens is 392 g/mol. The van der Waals surface area contributed by atoms with Crippen molar-refractivity contribution in [2.45, 2.75) is 18.9 Å². The molecule has 9 nitrogen and oxygen atoms in total. The third-order valence-electron chi connectivity index (χ3n) is 4.79. The van der Waals surface area contributed by atoms with E-state index in [4.69, 9.17) is 14.3 Å². The number of nitrogens with zero attached hydrogens (tertiary/aromatic N) is 4. The summed E-state index contributed by atoms with van der Waals surface area (Å²) in [5.41, 5.74) is 2.04. The van der Waals surface area contributed by atoms with E-state index in [1.165, 1.54) is 11.3 Å². The predicted octanol–water partition coefficient (Wildman–Crippen LogP) is 3.59. The van der Waals surface area contributed by atoms with E-state index in [9.17, 15) is 4.79 Å². The quantitative estimate of drug-likeness (QED) is 0.520. The molecular formula is C19H18N6O3S. The molecule has 0 radical (unpaired) electrons. The van der Waals surface area contributed by atoms with E-state index in [0.717, 1.165) is 23.4 Å². The number of carbonyl (C=O) groups excluding carboxylic acids is 1. The molecule has 29 heavy (non-hydrogen) atoms. The fourth-order valence-corrected chi connectivity index (χ4v) is 3.94. The van der Waals surface area contributed by atoms with Crippen LogP contribution in [0.1, 0.15) is 29.4 Å². The van der Waals surface area contributed by atoms with Crippen LogP contribution in [-0.4, -0.2) is 44.1 Å². The lowest BCUT2D eigenvalue weighted by atomic mass is 10.1. The molecule has 1 aliphatic rings. The maximum Gasteiger partial charge on any atom is 0.291 e. The Labute approximate surface area is 169 Å². The van der Waals surface area contributed by atoms with Gasteiger partial charge < -0.3 is 14.5 Å². The van der Waals surface area contributed by atoms with E-state index in [1.807, 2.05) is 16.3 Å². The third-order valence-corrected chi connectivity index (χ3v) is 5.57. The molecule has 5 rings (SSSR count). The molecule has 5 heterocycles.